The van der Waals surface area contributed by atoms with Crippen LogP contribution < -0.4 is 29.1 Å². The zero-order valence-corrected chi connectivity index (χ0v) is 24.7. The molecule has 212 valence electrons. The van der Waals surface area contributed by atoms with Gasteiger partial charge in [-0.05, 0) is 82.5 Å². The summed E-state index contributed by atoms with van der Waals surface area (Å²) in [5.74, 6) is 1.51. The van der Waals surface area contributed by atoms with Crippen LogP contribution in [0.4, 0.5) is 0 Å². The van der Waals surface area contributed by atoms with Crippen LogP contribution in [0.5, 0.6) is 17.2 Å². The van der Waals surface area contributed by atoms with Crippen molar-refractivity contribution in [2.75, 3.05) is 19.8 Å². The van der Waals surface area contributed by atoms with Crippen LogP contribution in [0.2, 0.25) is 0 Å². The van der Waals surface area contributed by atoms with E-state index in [0.29, 0.717) is 51.1 Å². The minimum absolute atomic E-state index is 0.0492. The van der Waals surface area contributed by atoms with Gasteiger partial charge in [-0.1, -0.05) is 36.5 Å². The first-order chi connectivity index (χ1) is 19.3. The Morgan fingerprint density at radius 3 is 2.40 bits per heavy atom. The smallest absolute Gasteiger partial charge is 0.338 e. The monoisotopic (exact) mass is 564 g/mol. The van der Waals surface area contributed by atoms with E-state index in [0.717, 1.165) is 17.5 Å². The number of aromatic nitrogens is 1. The van der Waals surface area contributed by atoms with E-state index in [2.05, 4.69) is 11.9 Å². The molecule has 2 aromatic carbocycles. The predicted octanol–water partition coefficient (Wildman–Crippen LogP) is 4.77. The van der Waals surface area contributed by atoms with Crippen LogP contribution in [0, 0.1) is 0 Å². The highest BCUT2D eigenvalue weighted by Gasteiger charge is 2.33. The van der Waals surface area contributed by atoms with Crippen molar-refractivity contribution in [3.63, 3.8) is 0 Å². The van der Waals surface area contributed by atoms with Crippen molar-refractivity contribution < 1.29 is 23.7 Å². The number of benzene rings is 2. The molecule has 0 aliphatic carbocycles. The van der Waals surface area contributed by atoms with Crippen molar-refractivity contribution >= 4 is 23.4 Å². The second-order valence-corrected chi connectivity index (χ2v) is 10.3. The van der Waals surface area contributed by atoms with Gasteiger partial charge in [0, 0.05) is 0 Å². The van der Waals surface area contributed by atoms with E-state index in [1.54, 1.807) is 18.4 Å². The molecule has 1 aromatic heterocycles. The summed E-state index contributed by atoms with van der Waals surface area (Å²) in [5.41, 5.74) is 2.18. The van der Waals surface area contributed by atoms with Crippen LogP contribution in [0.1, 0.15) is 65.1 Å². The third-order valence-corrected chi connectivity index (χ3v) is 7.48. The van der Waals surface area contributed by atoms with E-state index in [1.165, 1.54) is 11.3 Å². The zero-order chi connectivity index (χ0) is 28.8. The molecule has 0 bridgehead atoms. The predicted molar refractivity (Wildman–Crippen MR) is 156 cm³/mol. The highest BCUT2D eigenvalue weighted by molar-refractivity contribution is 7.07. The lowest BCUT2D eigenvalue weighted by Crippen LogP contribution is -2.39. The van der Waals surface area contributed by atoms with Crippen molar-refractivity contribution in [2.24, 2.45) is 4.99 Å². The van der Waals surface area contributed by atoms with Gasteiger partial charge in [-0.3, -0.25) is 9.36 Å². The minimum atomic E-state index is -0.682. The summed E-state index contributed by atoms with van der Waals surface area (Å²) in [7, 11) is 0. The molecule has 2 heterocycles. The highest BCUT2D eigenvalue weighted by atomic mass is 32.1. The van der Waals surface area contributed by atoms with Crippen molar-refractivity contribution in [2.45, 2.75) is 60.1 Å². The molecular formula is C31H36N2O6S. The summed E-state index contributed by atoms with van der Waals surface area (Å²) in [4.78, 5) is 32.2. The molecule has 4 rings (SSSR count). The van der Waals surface area contributed by atoms with Gasteiger partial charge in [-0.25, -0.2) is 9.79 Å². The Hall–Kier alpha value is -3.85. The number of esters is 1. The quantitative estimate of drug-likeness (QED) is 0.312. The Kier molecular flexibility index (Phi) is 9.47. The standard InChI is InChI=1S/C31H36N2O6S/c1-7-19(5)39-24-16-11-21(17-25(24)37-9-3)18-26-29(34)33-28(22-12-14-23(15-13-22)36-8-2)27(30(35)38-10-4)20(6)32-31(33)40-26/h11-19,28H,7-10H2,1-6H3/b26-18+/t19-,28-/m1/s1. The molecule has 0 saturated heterocycles. The van der Waals surface area contributed by atoms with E-state index < -0.39 is 12.0 Å². The summed E-state index contributed by atoms with van der Waals surface area (Å²) < 4.78 is 24.9. The first kappa shape index (κ1) is 29.1. The molecule has 1 aliphatic heterocycles. The average Bonchev–Trinajstić information content (AvgIpc) is 3.24. The molecule has 0 fully saturated rings. The summed E-state index contributed by atoms with van der Waals surface area (Å²) in [5, 5.41) is 0. The van der Waals surface area contributed by atoms with Crippen molar-refractivity contribution in [3.05, 3.63) is 84.5 Å². The first-order valence-corrected chi connectivity index (χ1v) is 14.5. The van der Waals surface area contributed by atoms with Crippen molar-refractivity contribution in [1.29, 1.82) is 0 Å². The number of carbonyl (C=O) groups excluding carboxylic acids is 1. The molecule has 0 unspecified atom stereocenters. The van der Waals surface area contributed by atoms with Gasteiger partial charge in [-0.2, -0.15) is 0 Å². The lowest BCUT2D eigenvalue weighted by Gasteiger charge is -2.24. The molecule has 0 spiro atoms. The lowest BCUT2D eigenvalue weighted by molar-refractivity contribution is -0.139. The fourth-order valence-electron chi connectivity index (χ4n) is 4.45. The van der Waals surface area contributed by atoms with Gasteiger partial charge >= 0.3 is 5.97 Å². The third-order valence-electron chi connectivity index (χ3n) is 6.49. The highest BCUT2D eigenvalue weighted by Crippen LogP contribution is 2.32. The van der Waals surface area contributed by atoms with E-state index in [1.807, 2.05) is 69.3 Å². The zero-order valence-electron chi connectivity index (χ0n) is 23.9. The van der Waals surface area contributed by atoms with E-state index in [9.17, 15) is 9.59 Å². The fraction of sp³-hybridized carbons (Fsp3) is 0.387. The molecular weight excluding hydrogens is 528 g/mol. The van der Waals surface area contributed by atoms with E-state index >= 15 is 0 Å². The van der Waals surface area contributed by atoms with Gasteiger partial charge in [0.15, 0.2) is 16.3 Å². The van der Waals surface area contributed by atoms with E-state index in [4.69, 9.17) is 18.9 Å². The summed E-state index contributed by atoms with van der Waals surface area (Å²) in [6.07, 6.45) is 2.74. The normalized spacial score (nSPS) is 15.8. The largest absolute Gasteiger partial charge is 0.494 e. The Balaban J connectivity index is 1.84. The molecule has 9 heteroatoms. The number of hydrogen-bond donors (Lipinski definition) is 0. The van der Waals surface area contributed by atoms with E-state index in [-0.39, 0.29) is 18.3 Å². The molecule has 8 nitrogen and oxygen atoms in total. The first-order valence-electron chi connectivity index (χ1n) is 13.7. The summed E-state index contributed by atoms with van der Waals surface area (Å²) in [6, 6.07) is 12.4. The van der Waals surface area contributed by atoms with Crippen LogP contribution in [0.25, 0.3) is 6.08 Å². The maximum Gasteiger partial charge on any atom is 0.338 e. The SMILES string of the molecule is CCOC(=O)C1=C(C)N=c2s/c(=C/c3ccc(O[C@H](C)CC)c(OCC)c3)c(=O)n2[C@@H]1c1ccc(OCC)cc1. The number of fused-ring (bicyclic) bond motifs is 1. The van der Waals surface area contributed by atoms with Gasteiger partial charge in [0.1, 0.15) is 5.75 Å². The number of ether oxygens (including phenoxy) is 4. The van der Waals surface area contributed by atoms with Crippen LogP contribution in [0.15, 0.2) is 63.5 Å². The number of allylic oxidation sites excluding steroid dienone is 1. The average molecular weight is 565 g/mol. The van der Waals surface area contributed by atoms with Crippen molar-refractivity contribution in [1.82, 2.24) is 4.57 Å². The van der Waals surface area contributed by atoms with Gasteiger partial charge in [0.25, 0.3) is 5.56 Å². The maximum atomic E-state index is 13.9. The summed E-state index contributed by atoms with van der Waals surface area (Å²) in [6.45, 7) is 12.7. The fourth-order valence-corrected chi connectivity index (χ4v) is 5.50. The minimum Gasteiger partial charge on any atom is -0.494 e. The molecule has 3 aromatic rings. The topological polar surface area (TPSA) is 88.4 Å². The Bertz CT molecular complexity index is 1570. The third kappa shape index (κ3) is 6.14. The number of rotatable bonds is 11. The second-order valence-electron chi connectivity index (χ2n) is 9.28. The maximum absolute atomic E-state index is 13.9. The van der Waals surface area contributed by atoms with Gasteiger partial charge in [-0.15, -0.1) is 0 Å². The molecule has 0 radical (unpaired) electrons. The Morgan fingerprint density at radius 1 is 1.02 bits per heavy atom. The second kappa shape index (κ2) is 13.0. The van der Waals surface area contributed by atoms with Crippen LogP contribution in [-0.4, -0.2) is 36.5 Å². The van der Waals surface area contributed by atoms with Gasteiger partial charge in [0.05, 0.1) is 47.8 Å². The molecule has 1 aliphatic rings. The van der Waals surface area contributed by atoms with Crippen LogP contribution in [0.3, 0.4) is 0 Å². The molecule has 0 N–H and O–H groups in total. The Morgan fingerprint density at radius 2 is 1.75 bits per heavy atom. The molecule has 2 atom stereocenters. The van der Waals surface area contributed by atoms with Crippen molar-refractivity contribution in [3.8, 4) is 17.2 Å². The van der Waals surface area contributed by atoms with Crippen LogP contribution in [-0.2, 0) is 9.53 Å². The molecule has 0 saturated carbocycles. The number of carbonyl (C=O) groups is 1. The van der Waals surface area contributed by atoms with Gasteiger partial charge in [0.2, 0.25) is 0 Å². The van der Waals surface area contributed by atoms with Crippen LogP contribution >= 0.6 is 11.3 Å². The number of hydrogen-bond acceptors (Lipinski definition) is 8. The lowest BCUT2D eigenvalue weighted by atomic mass is 9.96. The van der Waals surface area contributed by atoms with Gasteiger partial charge < -0.3 is 18.9 Å². The summed E-state index contributed by atoms with van der Waals surface area (Å²) >= 11 is 1.28. The molecule has 40 heavy (non-hydrogen) atoms. The number of nitrogens with zero attached hydrogens (tertiary/aromatic N) is 2. The number of thiazole rings is 1. The molecule has 0 amide bonds. The Labute approximate surface area is 238 Å².